The van der Waals surface area contributed by atoms with E-state index in [4.69, 9.17) is 9.31 Å². The van der Waals surface area contributed by atoms with Gasteiger partial charge in [0.25, 0.3) is 0 Å². The summed E-state index contributed by atoms with van der Waals surface area (Å²) in [7, 11) is -0.561. The van der Waals surface area contributed by atoms with E-state index in [1.165, 1.54) is 0 Å². The summed E-state index contributed by atoms with van der Waals surface area (Å²) in [5.74, 6) is -1.23. The fraction of sp³-hybridized carbons (Fsp3) is 0.429. The number of hydrogen-bond acceptors (Lipinski definition) is 5. The predicted octanol–water partition coefficient (Wildman–Crippen LogP) is 1.30. The Morgan fingerprint density at radius 2 is 1.45 bits per heavy atom. The first-order valence-corrected chi connectivity index (χ1v) is 6.47. The van der Waals surface area contributed by atoms with E-state index >= 15 is 0 Å². The number of rotatable bonds is 1. The van der Waals surface area contributed by atoms with Crippen LogP contribution in [0.5, 0.6) is 0 Å². The van der Waals surface area contributed by atoms with E-state index in [0.29, 0.717) is 5.46 Å². The lowest BCUT2D eigenvalue weighted by Crippen LogP contribution is -2.41. The highest BCUT2D eigenvalue weighted by molar-refractivity contribution is 6.62. The van der Waals surface area contributed by atoms with Crippen molar-refractivity contribution in [1.29, 1.82) is 0 Å². The maximum atomic E-state index is 11.6. The number of hydrogen-bond donors (Lipinski definition) is 0. The quantitative estimate of drug-likeness (QED) is 0.439. The van der Waals surface area contributed by atoms with E-state index in [0.717, 1.165) is 0 Å². The molecule has 1 aromatic rings. The zero-order valence-electron chi connectivity index (χ0n) is 11.9. The van der Waals surface area contributed by atoms with Gasteiger partial charge >= 0.3 is 19.1 Å². The van der Waals surface area contributed by atoms with Crippen LogP contribution in [0, 0.1) is 0 Å². The molecule has 2 heterocycles. The number of ether oxygens (including phenoxy) is 1. The molecule has 20 heavy (non-hydrogen) atoms. The zero-order chi connectivity index (χ0) is 14.7. The first kappa shape index (κ1) is 13.3. The summed E-state index contributed by atoms with van der Waals surface area (Å²) in [5.41, 5.74) is 0.353. The van der Waals surface area contributed by atoms with Gasteiger partial charge in [-0.2, -0.15) is 0 Å². The summed E-state index contributed by atoms with van der Waals surface area (Å²) < 4.78 is 16.4. The highest BCUT2D eigenvalue weighted by Crippen LogP contribution is 2.36. The number of benzene rings is 1. The molecular weight excluding hydrogens is 259 g/mol. The largest absolute Gasteiger partial charge is 0.494 e. The molecule has 0 saturated carbocycles. The van der Waals surface area contributed by atoms with Gasteiger partial charge in [-0.05, 0) is 45.3 Å². The molecule has 0 aliphatic carbocycles. The number of fused-ring (bicyclic) bond motifs is 1. The molecule has 0 spiro atoms. The van der Waals surface area contributed by atoms with Gasteiger partial charge in [-0.1, -0.05) is 6.07 Å². The van der Waals surface area contributed by atoms with Crippen LogP contribution in [-0.2, 0) is 14.0 Å². The second kappa shape index (κ2) is 3.93. The molecular formula is C14H15BO5. The Balaban J connectivity index is 1.96. The number of carbonyl (C=O) groups excluding carboxylic acids is 2. The van der Waals surface area contributed by atoms with Crippen LogP contribution >= 0.6 is 0 Å². The molecule has 0 N–H and O–H groups in total. The van der Waals surface area contributed by atoms with Gasteiger partial charge < -0.3 is 14.0 Å². The van der Waals surface area contributed by atoms with Crippen molar-refractivity contribution in [1.82, 2.24) is 0 Å². The Labute approximate surface area is 117 Å². The summed E-state index contributed by atoms with van der Waals surface area (Å²) in [5, 5.41) is 0. The third-order valence-electron chi connectivity index (χ3n) is 4.19. The molecule has 1 fully saturated rings. The SMILES string of the molecule is CC1(C)OB(c2ccc3c(c2)C(=O)OC3=O)OC1(C)C. The van der Waals surface area contributed by atoms with Crippen molar-refractivity contribution in [3.8, 4) is 0 Å². The van der Waals surface area contributed by atoms with Crippen molar-refractivity contribution in [2.24, 2.45) is 0 Å². The molecule has 0 aromatic heterocycles. The van der Waals surface area contributed by atoms with Crippen molar-refractivity contribution in [2.45, 2.75) is 38.9 Å². The van der Waals surface area contributed by atoms with Crippen molar-refractivity contribution >= 4 is 24.5 Å². The Kier molecular flexibility index (Phi) is 2.62. The van der Waals surface area contributed by atoms with Crippen molar-refractivity contribution < 1.29 is 23.6 Å². The second-order valence-corrected chi connectivity index (χ2v) is 6.07. The van der Waals surface area contributed by atoms with Crippen molar-refractivity contribution in [2.75, 3.05) is 0 Å². The molecule has 0 atom stereocenters. The van der Waals surface area contributed by atoms with Crippen LogP contribution in [-0.4, -0.2) is 30.3 Å². The smallest absolute Gasteiger partial charge is 0.399 e. The van der Waals surface area contributed by atoms with Gasteiger partial charge in [0.1, 0.15) is 0 Å². The number of cyclic esters (lactones) is 2. The average Bonchev–Trinajstić information content (AvgIpc) is 2.74. The molecule has 1 aromatic carbocycles. The third-order valence-corrected chi connectivity index (χ3v) is 4.19. The van der Waals surface area contributed by atoms with Crippen LogP contribution in [0.3, 0.4) is 0 Å². The van der Waals surface area contributed by atoms with E-state index in [1.54, 1.807) is 18.2 Å². The van der Waals surface area contributed by atoms with E-state index in [-0.39, 0.29) is 11.1 Å². The normalized spacial score (nSPS) is 22.9. The number of carbonyl (C=O) groups is 2. The predicted molar refractivity (Wildman–Crippen MR) is 71.9 cm³/mol. The summed E-state index contributed by atoms with van der Waals surface area (Å²) in [6.45, 7) is 7.83. The minimum absolute atomic E-state index is 0.266. The highest BCUT2D eigenvalue weighted by Gasteiger charge is 2.52. The lowest BCUT2D eigenvalue weighted by Gasteiger charge is -2.32. The molecule has 0 amide bonds. The first-order valence-electron chi connectivity index (χ1n) is 6.47. The van der Waals surface area contributed by atoms with Gasteiger partial charge in [-0.25, -0.2) is 9.59 Å². The van der Waals surface area contributed by atoms with Gasteiger partial charge in [0.2, 0.25) is 0 Å². The van der Waals surface area contributed by atoms with E-state index in [1.807, 2.05) is 27.7 Å². The van der Waals surface area contributed by atoms with E-state index < -0.39 is 30.3 Å². The fourth-order valence-corrected chi connectivity index (χ4v) is 2.23. The molecule has 0 radical (unpaired) electrons. The summed E-state index contributed by atoms with van der Waals surface area (Å²) in [6, 6.07) is 4.90. The van der Waals surface area contributed by atoms with Crippen LogP contribution in [0.15, 0.2) is 18.2 Å². The van der Waals surface area contributed by atoms with Gasteiger partial charge in [0, 0.05) is 0 Å². The zero-order valence-corrected chi connectivity index (χ0v) is 11.9. The maximum absolute atomic E-state index is 11.6. The Morgan fingerprint density at radius 1 is 0.900 bits per heavy atom. The van der Waals surface area contributed by atoms with Gasteiger partial charge in [0.15, 0.2) is 0 Å². The van der Waals surface area contributed by atoms with Gasteiger partial charge in [-0.15, -0.1) is 0 Å². The van der Waals surface area contributed by atoms with Crippen LogP contribution in [0.4, 0.5) is 0 Å². The maximum Gasteiger partial charge on any atom is 0.494 e. The third kappa shape index (κ3) is 1.79. The lowest BCUT2D eigenvalue weighted by molar-refractivity contribution is 0.00578. The van der Waals surface area contributed by atoms with Crippen molar-refractivity contribution in [3.05, 3.63) is 29.3 Å². The Bertz CT molecular complexity index is 604. The van der Waals surface area contributed by atoms with E-state index in [2.05, 4.69) is 4.74 Å². The molecule has 5 nitrogen and oxygen atoms in total. The monoisotopic (exact) mass is 274 g/mol. The molecule has 0 unspecified atom stereocenters. The Hall–Kier alpha value is -1.66. The fourth-order valence-electron chi connectivity index (χ4n) is 2.23. The molecule has 1 saturated heterocycles. The van der Waals surface area contributed by atoms with E-state index in [9.17, 15) is 9.59 Å². The summed E-state index contributed by atoms with van der Waals surface area (Å²) in [6.07, 6.45) is 0. The molecule has 2 aliphatic rings. The lowest BCUT2D eigenvalue weighted by atomic mass is 9.78. The average molecular weight is 274 g/mol. The molecule has 104 valence electrons. The minimum atomic E-state index is -0.622. The van der Waals surface area contributed by atoms with Crippen LogP contribution in [0.25, 0.3) is 0 Å². The molecule has 0 bridgehead atoms. The molecule has 3 rings (SSSR count). The van der Waals surface area contributed by atoms with Gasteiger partial charge in [-0.3, -0.25) is 0 Å². The van der Waals surface area contributed by atoms with Crippen LogP contribution in [0.2, 0.25) is 0 Å². The summed E-state index contributed by atoms with van der Waals surface area (Å²) in [4.78, 5) is 23.0. The van der Waals surface area contributed by atoms with Gasteiger partial charge in [0.05, 0.1) is 22.3 Å². The first-order chi connectivity index (χ1) is 9.21. The molecule has 6 heteroatoms. The van der Waals surface area contributed by atoms with Crippen LogP contribution in [0.1, 0.15) is 48.4 Å². The topological polar surface area (TPSA) is 61.8 Å². The highest BCUT2D eigenvalue weighted by atomic mass is 16.7. The van der Waals surface area contributed by atoms with Crippen molar-refractivity contribution in [3.63, 3.8) is 0 Å². The van der Waals surface area contributed by atoms with Crippen LogP contribution < -0.4 is 5.46 Å². The number of esters is 2. The summed E-state index contributed by atoms with van der Waals surface area (Å²) >= 11 is 0. The Morgan fingerprint density at radius 3 is 2.05 bits per heavy atom. The minimum Gasteiger partial charge on any atom is -0.399 e. The molecule has 2 aliphatic heterocycles. The second-order valence-electron chi connectivity index (χ2n) is 6.07. The standard InChI is InChI=1S/C14H15BO5/c1-13(2)14(3,4)20-15(19-13)8-5-6-9-10(7-8)12(17)18-11(9)16/h5-7H,1-4H3.